The molecule has 0 aromatic carbocycles. The maximum atomic E-state index is 10.1. The van der Waals surface area contributed by atoms with Crippen molar-refractivity contribution in [2.75, 3.05) is 26.4 Å². The molecule has 0 aromatic heterocycles. The van der Waals surface area contributed by atoms with Crippen LogP contribution in [0.4, 0.5) is 0 Å². The molecule has 0 spiro atoms. The van der Waals surface area contributed by atoms with Gasteiger partial charge in [-0.05, 0) is 0 Å². The molecule has 0 rings (SSSR count). The summed E-state index contributed by atoms with van der Waals surface area (Å²) >= 11 is 0. The van der Waals surface area contributed by atoms with E-state index in [1.54, 1.807) is 0 Å². The summed E-state index contributed by atoms with van der Waals surface area (Å²) in [7, 11) is 0. The fraction of sp³-hybridized carbons (Fsp3) is 0.818. The van der Waals surface area contributed by atoms with Crippen molar-refractivity contribution >= 4 is 24.5 Å². The third-order valence-corrected chi connectivity index (χ3v) is 5.16. The third-order valence-electron chi connectivity index (χ3n) is 5.16. The molecule has 20 N–H and O–H groups in total. The fourth-order valence-corrected chi connectivity index (χ4v) is 2.17. The van der Waals surface area contributed by atoms with E-state index in [2.05, 4.69) is 0 Å². The highest BCUT2D eigenvalue weighted by Crippen LogP contribution is 2.06. The molecular formula is C22H44O24. The number of aliphatic hydroxyl groups is 18. The smallest absolute Gasteiger partial charge is 0.335 e. The van der Waals surface area contributed by atoms with Crippen LogP contribution in [0.3, 0.4) is 0 Å². The Bertz CT molecular complexity index is 738. The lowest BCUT2D eigenvalue weighted by molar-refractivity contribution is -0.164. The molecule has 0 heterocycles. The van der Waals surface area contributed by atoms with Crippen LogP contribution in [0.15, 0.2) is 0 Å². The predicted octanol–water partition coefficient (Wildman–Crippen LogP) is -12.5. The number of aldehydes is 2. The maximum Gasteiger partial charge on any atom is 0.335 e. The molecule has 0 saturated carbocycles. The molecule has 0 aromatic rings. The van der Waals surface area contributed by atoms with Crippen LogP contribution in [0, 0.1) is 0 Å². The lowest BCUT2D eigenvalue weighted by Gasteiger charge is -2.23. The summed E-state index contributed by atoms with van der Waals surface area (Å²) in [6.45, 7) is -3.06. The highest BCUT2D eigenvalue weighted by atomic mass is 16.4. The molecule has 0 amide bonds. The van der Waals surface area contributed by atoms with Crippen molar-refractivity contribution in [2.24, 2.45) is 0 Å². The van der Waals surface area contributed by atoms with E-state index in [4.69, 9.17) is 102 Å². The molecule has 46 heavy (non-hydrogen) atoms. The molecule has 0 radical (unpaired) electrons. The average molecular weight is 693 g/mol. The average Bonchev–Trinajstić information content (AvgIpc) is 3.06. The summed E-state index contributed by atoms with van der Waals surface area (Å²) in [4.78, 5) is 39.7. The largest absolute Gasteiger partial charge is 0.479 e. The third kappa shape index (κ3) is 20.6. The summed E-state index contributed by atoms with van der Waals surface area (Å²) in [5.41, 5.74) is 0. The minimum atomic E-state index is -2.20. The minimum absolute atomic E-state index is 0.0869. The van der Waals surface area contributed by atoms with Crippen LogP contribution in [0.25, 0.3) is 0 Å². The van der Waals surface area contributed by atoms with Gasteiger partial charge >= 0.3 is 11.9 Å². The lowest BCUT2D eigenvalue weighted by Crippen LogP contribution is -2.48. The zero-order valence-electron chi connectivity index (χ0n) is 23.6. The molecule has 0 aliphatic heterocycles. The van der Waals surface area contributed by atoms with Gasteiger partial charge in [0.2, 0.25) is 0 Å². The van der Waals surface area contributed by atoms with Crippen LogP contribution >= 0.6 is 0 Å². The summed E-state index contributed by atoms with van der Waals surface area (Å²) in [6.07, 6.45) is -24.9. The Hall–Kier alpha value is -2.44. The van der Waals surface area contributed by atoms with Crippen molar-refractivity contribution < 1.29 is 121 Å². The number of hydrogen-bond donors (Lipinski definition) is 20. The van der Waals surface area contributed by atoms with E-state index in [9.17, 15) is 19.2 Å². The van der Waals surface area contributed by atoms with Crippen LogP contribution in [-0.4, -0.2) is 239 Å². The zero-order chi connectivity index (χ0) is 37.5. The van der Waals surface area contributed by atoms with Crippen molar-refractivity contribution in [3.05, 3.63) is 0 Å². The van der Waals surface area contributed by atoms with Gasteiger partial charge in [-0.3, -0.25) is 0 Å². The van der Waals surface area contributed by atoms with Gasteiger partial charge in [0.25, 0.3) is 0 Å². The van der Waals surface area contributed by atoms with Crippen molar-refractivity contribution in [2.45, 2.75) is 85.5 Å². The number of carboxylic acid groups (broad SMARTS) is 2. The second kappa shape index (κ2) is 27.7. The first-order valence-electron chi connectivity index (χ1n) is 12.4. The first-order chi connectivity index (χ1) is 21.1. The molecule has 0 aliphatic carbocycles. The number of hydrogen-bond acceptors (Lipinski definition) is 22. The van der Waals surface area contributed by atoms with Gasteiger partial charge in [-0.15, -0.1) is 0 Å². The van der Waals surface area contributed by atoms with E-state index in [0.717, 1.165) is 0 Å². The number of rotatable bonds is 18. The molecule has 276 valence electrons. The lowest BCUT2D eigenvalue weighted by atomic mass is 10.0. The SMILES string of the molecule is O=C(O)[C@H](O)[C@@H](O)[C@H](O)[C@H](O)CO.O=C(O)[C@H](O)[C@@H](O)[C@H](O)[C@H](O)CO.O=C[C@H](O)[C@@H](O)[C@H](O)CO.O=C[C@H](O)[C@@H](O)[C@H](O)CO. The van der Waals surface area contributed by atoms with Gasteiger partial charge in [0.15, 0.2) is 24.8 Å². The van der Waals surface area contributed by atoms with Gasteiger partial charge in [-0.1, -0.05) is 0 Å². The first kappa shape index (κ1) is 50.4. The van der Waals surface area contributed by atoms with Crippen LogP contribution in [0.1, 0.15) is 0 Å². The van der Waals surface area contributed by atoms with E-state index in [1.807, 2.05) is 0 Å². The molecule has 24 heteroatoms. The Balaban J connectivity index is -0.000000258. The molecule has 0 bridgehead atoms. The van der Waals surface area contributed by atoms with Gasteiger partial charge in [0, 0.05) is 0 Å². The second-order valence-electron chi connectivity index (χ2n) is 8.76. The van der Waals surface area contributed by atoms with Gasteiger partial charge < -0.3 is 112 Å². The van der Waals surface area contributed by atoms with E-state index in [-0.39, 0.29) is 12.6 Å². The fourth-order valence-electron chi connectivity index (χ4n) is 2.17. The number of carboxylic acids is 2. The number of aliphatic carboxylic acids is 2. The van der Waals surface area contributed by atoms with E-state index >= 15 is 0 Å². The van der Waals surface area contributed by atoms with Crippen molar-refractivity contribution in [1.29, 1.82) is 0 Å². The van der Waals surface area contributed by atoms with E-state index in [1.165, 1.54) is 0 Å². The monoisotopic (exact) mass is 692 g/mol. The maximum absolute atomic E-state index is 10.1. The normalized spacial score (nSPS) is 20.0. The number of aliphatic hydroxyl groups excluding tert-OH is 18. The Morgan fingerprint density at radius 3 is 0.739 bits per heavy atom. The minimum Gasteiger partial charge on any atom is -0.479 e. The van der Waals surface area contributed by atoms with Gasteiger partial charge in [-0.2, -0.15) is 0 Å². The Kier molecular flexibility index (Phi) is 30.3. The van der Waals surface area contributed by atoms with Crippen molar-refractivity contribution in [3.8, 4) is 0 Å². The number of carbonyl (C=O) groups is 4. The highest BCUT2D eigenvalue weighted by molar-refractivity contribution is 5.73. The molecule has 0 fully saturated rings. The highest BCUT2D eigenvalue weighted by Gasteiger charge is 2.35. The summed E-state index contributed by atoms with van der Waals surface area (Å²) in [6, 6.07) is 0. The molecular weight excluding hydrogens is 648 g/mol. The second-order valence-corrected chi connectivity index (χ2v) is 8.76. The predicted molar refractivity (Wildman–Crippen MR) is 140 cm³/mol. The van der Waals surface area contributed by atoms with Gasteiger partial charge in [0.1, 0.15) is 73.2 Å². The van der Waals surface area contributed by atoms with Crippen LogP contribution in [0.2, 0.25) is 0 Å². The molecule has 0 aliphatic rings. The van der Waals surface area contributed by atoms with E-state index < -0.39 is 124 Å². The standard InChI is InChI=1S/2C6H12O7.2C5H10O5/c2*7-1-2(8)3(9)4(10)5(11)6(12)13;2*6-1-3(8)5(10)4(9)2-7/h2*2-5,7-11H,1H2,(H,12,13);2*1,3-5,7-10H,2H2/t2*2-,3-,4+,5-;2*3-,4+,5+/m1100/s1. The first-order valence-corrected chi connectivity index (χ1v) is 12.4. The zero-order valence-corrected chi connectivity index (χ0v) is 23.6. The Labute approximate surface area is 258 Å². The topological polar surface area (TPSA) is 473 Å². The molecule has 0 unspecified atom stereocenters. The summed E-state index contributed by atoms with van der Waals surface area (Å²) in [5.74, 6) is -3.45. The molecule has 0 saturated heterocycles. The van der Waals surface area contributed by atoms with Gasteiger partial charge in [-0.25, -0.2) is 9.59 Å². The Morgan fingerprint density at radius 1 is 0.391 bits per heavy atom. The van der Waals surface area contributed by atoms with E-state index in [0.29, 0.717) is 0 Å². The number of carbonyl (C=O) groups excluding carboxylic acids is 2. The van der Waals surface area contributed by atoms with Crippen LogP contribution < -0.4 is 0 Å². The molecule has 14 atom stereocenters. The van der Waals surface area contributed by atoms with Crippen LogP contribution in [0.5, 0.6) is 0 Å². The summed E-state index contributed by atoms with van der Waals surface area (Å²) in [5, 5.41) is 172. The van der Waals surface area contributed by atoms with Gasteiger partial charge in [0.05, 0.1) is 26.4 Å². The Morgan fingerprint density at radius 2 is 0.587 bits per heavy atom. The summed E-state index contributed by atoms with van der Waals surface area (Å²) < 4.78 is 0. The quantitative estimate of drug-likeness (QED) is 0.0593. The van der Waals surface area contributed by atoms with Crippen molar-refractivity contribution in [3.63, 3.8) is 0 Å². The van der Waals surface area contributed by atoms with Crippen LogP contribution in [-0.2, 0) is 19.2 Å². The van der Waals surface area contributed by atoms with Crippen molar-refractivity contribution in [1.82, 2.24) is 0 Å². The molecule has 24 nitrogen and oxygen atoms in total.